The summed E-state index contributed by atoms with van der Waals surface area (Å²) in [4.78, 5) is 15.8. The van der Waals surface area contributed by atoms with E-state index in [1.54, 1.807) is 7.05 Å². The van der Waals surface area contributed by atoms with Gasteiger partial charge < -0.3 is 16.0 Å². The molecule has 0 radical (unpaired) electrons. The van der Waals surface area contributed by atoms with Gasteiger partial charge in [-0.25, -0.2) is 0 Å². The lowest BCUT2D eigenvalue weighted by Gasteiger charge is -2.20. The van der Waals surface area contributed by atoms with Crippen LogP contribution in [-0.4, -0.2) is 25.0 Å². The molecule has 1 unspecified atom stereocenters. The number of anilines is 1. The van der Waals surface area contributed by atoms with E-state index in [9.17, 15) is 4.79 Å². The van der Waals surface area contributed by atoms with Crippen molar-refractivity contribution >= 4 is 17.6 Å². The zero-order valence-corrected chi connectivity index (χ0v) is 14.9. The number of carbonyl (C=O) groups excluding carboxylic acids is 1. The van der Waals surface area contributed by atoms with Crippen LogP contribution in [0.5, 0.6) is 0 Å². The fourth-order valence-electron chi connectivity index (χ4n) is 1.92. The Morgan fingerprint density at radius 1 is 1.17 bits per heavy atom. The van der Waals surface area contributed by atoms with Crippen molar-refractivity contribution in [3.05, 3.63) is 29.8 Å². The van der Waals surface area contributed by atoms with Gasteiger partial charge in [0.15, 0.2) is 5.96 Å². The Labute approximate surface area is 140 Å². The Kier molecular flexibility index (Phi) is 8.16. The molecule has 0 fully saturated rings. The number of hydrogen-bond acceptors (Lipinski definition) is 2. The lowest BCUT2D eigenvalue weighted by atomic mass is 10.1. The van der Waals surface area contributed by atoms with Crippen molar-refractivity contribution in [1.82, 2.24) is 10.6 Å². The minimum absolute atomic E-state index is 0.0608. The second-order valence-corrected chi connectivity index (χ2v) is 6.10. The average molecular weight is 318 g/mol. The molecule has 5 nitrogen and oxygen atoms in total. The number of carbonyl (C=O) groups is 1. The molecule has 1 amide bonds. The fourth-order valence-corrected chi connectivity index (χ4v) is 1.92. The number of nitrogens with zero attached hydrogens (tertiary/aromatic N) is 1. The van der Waals surface area contributed by atoms with E-state index in [2.05, 4.69) is 41.7 Å². The second-order valence-electron chi connectivity index (χ2n) is 6.10. The van der Waals surface area contributed by atoms with Gasteiger partial charge in [0.25, 0.3) is 0 Å². The summed E-state index contributed by atoms with van der Waals surface area (Å²) in [5.74, 6) is 1.40. The van der Waals surface area contributed by atoms with E-state index in [1.165, 1.54) is 0 Å². The van der Waals surface area contributed by atoms with Gasteiger partial charge in [-0.3, -0.25) is 9.79 Å². The highest BCUT2D eigenvalue weighted by Crippen LogP contribution is 2.10. The highest BCUT2D eigenvalue weighted by molar-refractivity contribution is 5.90. The van der Waals surface area contributed by atoms with E-state index in [0.29, 0.717) is 24.9 Å². The van der Waals surface area contributed by atoms with E-state index in [4.69, 9.17) is 0 Å². The second kappa shape index (κ2) is 9.87. The van der Waals surface area contributed by atoms with E-state index >= 15 is 0 Å². The van der Waals surface area contributed by atoms with Gasteiger partial charge in [0.2, 0.25) is 5.91 Å². The van der Waals surface area contributed by atoms with Gasteiger partial charge in [0.1, 0.15) is 0 Å². The van der Waals surface area contributed by atoms with Crippen molar-refractivity contribution in [2.75, 3.05) is 12.4 Å². The Bertz CT molecular complexity index is 508. The third-order valence-corrected chi connectivity index (χ3v) is 3.76. The van der Waals surface area contributed by atoms with Crippen molar-refractivity contribution in [2.45, 2.75) is 53.1 Å². The topological polar surface area (TPSA) is 65.5 Å². The molecule has 23 heavy (non-hydrogen) atoms. The van der Waals surface area contributed by atoms with Crippen molar-refractivity contribution < 1.29 is 4.79 Å². The SMILES string of the molecule is CCCC(=O)Nc1ccc(CNC(=NC)NC(C)C(C)C)cc1. The van der Waals surface area contributed by atoms with Crippen LogP contribution in [0.3, 0.4) is 0 Å². The maximum atomic E-state index is 11.6. The first-order chi connectivity index (χ1) is 11.0. The summed E-state index contributed by atoms with van der Waals surface area (Å²) in [5.41, 5.74) is 1.97. The molecule has 1 aromatic rings. The van der Waals surface area contributed by atoms with Gasteiger partial charge in [-0.2, -0.15) is 0 Å². The van der Waals surface area contributed by atoms with Crippen LogP contribution in [-0.2, 0) is 11.3 Å². The standard InChI is InChI=1S/C18H30N4O/c1-6-7-17(23)22-16-10-8-15(9-11-16)12-20-18(19-5)21-14(4)13(2)3/h8-11,13-14H,6-7,12H2,1-5H3,(H,22,23)(H2,19,20,21). The molecule has 1 aromatic carbocycles. The highest BCUT2D eigenvalue weighted by atomic mass is 16.1. The molecule has 5 heteroatoms. The van der Waals surface area contributed by atoms with E-state index < -0.39 is 0 Å². The van der Waals surface area contributed by atoms with Gasteiger partial charge in [-0.1, -0.05) is 32.9 Å². The fraction of sp³-hybridized carbons (Fsp3) is 0.556. The smallest absolute Gasteiger partial charge is 0.224 e. The number of nitrogens with one attached hydrogen (secondary N) is 3. The third kappa shape index (κ3) is 7.17. The third-order valence-electron chi connectivity index (χ3n) is 3.76. The predicted molar refractivity (Wildman–Crippen MR) is 97.6 cm³/mol. The van der Waals surface area contributed by atoms with Gasteiger partial charge >= 0.3 is 0 Å². The monoisotopic (exact) mass is 318 g/mol. The molecule has 0 aliphatic heterocycles. The van der Waals surface area contributed by atoms with Gasteiger partial charge in [0, 0.05) is 31.7 Å². The zero-order valence-electron chi connectivity index (χ0n) is 14.9. The Balaban J connectivity index is 2.50. The van der Waals surface area contributed by atoms with Gasteiger partial charge in [-0.05, 0) is 37.0 Å². The maximum absolute atomic E-state index is 11.6. The van der Waals surface area contributed by atoms with Crippen LogP contribution in [0, 0.1) is 5.92 Å². The normalized spacial score (nSPS) is 12.9. The highest BCUT2D eigenvalue weighted by Gasteiger charge is 2.08. The molecular formula is C18H30N4O. The molecule has 1 atom stereocenters. The molecule has 0 aliphatic carbocycles. The number of aliphatic imine (C=N–C) groups is 1. The first kappa shape index (κ1) is 19.0. The molecule has 0 aliphatic rings. The van der Waals surface area contributed by atoms with Crippen LogP contribution in [0.25, 0.3) is 0 Å². The Morgan fingerprint density at radius 3 is 2.35 bits per heavy atom. The number of hydrogen-bond donors (Lipinski definition) is 3. The molecule has 0 bridgehead atoms. The molecular weight excluding hydrogens is 288 g/mol. The molecule has 0 saturated carbocycles. The van der Waals surface area contributed by atoms with Crippen LogP contribution in [0.4, 0.5) is 5.69 Å². The van der Waals surface area contributed by atoms with Crippen molar-refractivity contribution in [3.8, 4) is 0 Å². The predicted octanol–water partition coefficient (Wildman–Crippen LogP) is 3.13. The summed E-state index contributed by atoms with van der Waals surface area (Å²) >= 11 is 0. The molecule has 3 N–H and O–H groups in total. The molecule has 0 spiro atoms. The Hall–Kier alpha value is -2.04. The number of benzene rings is 1. The Morgan fingerprint density at radius 2 is 1.83 bits per heavy atom. The van der Waals surface area contributed by atoms with E-state index in [0.717, 1.165) is 23.6 Å². The van der Waals surface area contributed by atoms with Gasteiger partial charge in [0.05, 0.1) is 0 Å². The first-order valence-electron chi connectivity index (χ1n) is 8.32. The summed E-state index contributed by atoms with van der Waals surface area (Å²) in [6.45, 7) is 9.18. The molecule has 0 heterocycles. The molecule has 0 aromatic heterocycles. The number of rotatable bonds is 7. The van der Waals surface area contributed by atoms with E-state index in [-0.39, 0.29) is 5.91 Å². The van der Waals surface area contributed by atoms with Crippen LogP contribution in [0.1, 0.15) is 46.1 Å². The summed E-state index contributed by atoms with van der Waals surface area (Å²) in [7, 11) is 1.77. The maximum Gasteiger partial charge on any atom is 0.224 e. The molecule has 0 saturated heterocycles. The summed E-state index contributed by atoms with van der Waals surface area (Å²) in [5, 5.41) is 9.56. The number of amides is 1. The molecule has 128 valence electrons. The minimum atomic E-state index is 0.0608. The van der Waals surface area contributed by atoms with Crippen LogP contribution < -0.4 is 16.0 Å². The van der Waals surface area contributed by atoms with Crippen LogP contribution in [0.15, 0.2) is 29.3 Å². The van der Waals surface area contributed by atoms with Crippen molar-refractivity contribution in [1.29, 1.82) is 0 Å². The zero-order chi connectivity index (χ0) is 17.2. The van der Waals surface area contributed by atoms with E-state index in [1.807, 2.05) is 31.2 Å². The van der Waals surface area contributed by atoms with Crippen molar-refractivity contribution in [2.24, 2.45) is 10.9 Å². The quantitative estimate of drug-likeness (QED) is 0.534. The van der Waals surface area contributed by atoms with Crippen LogP contribution >= 0.6 is 0 Å². The van der Waals surface area contributed by atoms with Crippen molar-refractivity contribution in [3.63, 3.8) is 0 Å². The van der Waals surface area contributed by atoms with Gasteiger partial charge in [-0.15, -0.1) is 0 Å². The number of guanidine groups is 1. The lowest BCUT2D eigenvalue weighted by Crippen LogP contribution is -2.43. The summed E-state index contributed by atoms with van der Waals surface area (Å²) < 4.78 is 0. The lowest BCUT2D eigenvalue weighted by molar-refractivity contribution is -0.116. The average Bonchev–Trinajstić information content (AvgIpc) is 2.52. The van der Waals surface area contributed by atoms with Crippen LogP contribution in [0.2, 0.25) is 0 Å². The first-order valence-corrected chi connectivity index (χ1v) is 8.32. The largest absolute Gasteiger partial charge is 0.354 e. The summed E-state index contributed by atoms with van der Waals surface area (Å²) in [6, 6.07) is 8.23. The minimum Gasteiger partial charge on any atom is -0.354 e. The summed E-state index contributed by atoms with van der Waals surface area (Å²) in [6.07, 6.45) is 1.41. The molecule has 1 rings (SSSR count).